The van der Waals surface area contributed by atoms with Crippen LogP contribution in [0.3, 0.4) is 0 Å². The van der Waals surface area contributed by atoms with Gasteiger partial charge in [-0.3, -0.25) is 4.98 Å². The molecule has 1 aliphatic carbocycles. The number of rotatable bonds is 5. The van der Waals surface area contributed by atoms with E-state index in [0.29, 0.717) is 5.41 Å². The average molecular weight is 204 g/mol. The molecule has 0 bridgehead atoms. The molecule has 0 amide bonds. The quantitative estimate of drug-likeness (QED) is 0.797. The van der Waals surface area contributed by atoms with Crippen molar-refractivity contribution >= 4 is 0 Å². The number of aromatic nitrogens is 1. The van der Waals surface area contributed by atoms with Crippen molar-refractivity contribution < 1.29 is 0 Å². The predicted octanol–water partition coefficient (Wildman–Crippen LogP) is 2.67. The molecule has 0 aromatic carbocycles. The van der Waals surface area contributed by atoms with Gasteiger partial charge < -0.3 is 5.32 Å². The van der Waals surface area contributed by atoms with E-state index in [4.69, 9.17) is 0 Å². The molecule has 15 heavy (non-hydrogen) atoms. The molecule has 2 heteroatoms. The van der Waals surface area contributed by atoms with Crippen LogP contribution in [0.25, 0.3) is 0 Å². The van der Waals surface area contributed by atoms with Crippen molar-refractivity contribution in [3.8, 4) is 0 Å². The number of pyridine rings is 1. The summed E-state index contributed by atoms with van der Waals surface area (Å²) in [6, 6.07) is 4.12. The van der Waals surface area contributed by atoms with Crippen LogP contribution in [0.5, 0.6) is 0 Å². The Balaban J connectivity index is 1.81. The summed E-state index contributed by atoms with van der Waals surface area (Å²) in [5, 5.41) is 3.53. The fraction of sp³-hybridized carbons (Fsp3) is 0.615. The van der Waals surface area contributed by atoms with Crippen LogP contribution in [0, 0.1) is 12.3 Å². The number of hydrogen-bond donors (Lipinski definition) is 1. The molecule has 1 aromatic rings. The zero-order valence-corrected chi connectivity index (χ0v) is 9.71. The van der Waals surface area contributed by atoms with Crippen molar-refractivity contribution in [2.75, 3.05) is 6.54 Å². The van der Waals surface area contributed by atoms with Crippen LogP contribution >= 0.6 is 0 Å². The SMILES string of the molecule is CCC1(CNCc2ncccc2C)CC1. The highest BCUT2D eigenvalue weighted by Crippen LogP contribution is 2.47. The molecule has 0 atom stereocenters. The zero-order chi connectivity index (χ0) is 10.7. The van der Waals surface area contributed by atoms with E-state index >= 15 is 0 Å². The first-order valence-corrected chi connectivity index (χ1v) is 5.87. The van der Waals surface area contributed by atoms with Gasteiger partial charge >= 0.3 is 0 Å². The molecule has 1 fully saturated rings. The van der Waals surface area contributed by atoms with Gasteiger partial charge in [-0.1, -0.05) is 13.0 Å². The van der Waals surface area contributed by atoms with Gasteiger partial charge in [-0.25, -0.2) is 0 Å². The molecular weight excluding hydrogens is 184 g/mol. The molecule has 2 nitrogen and oxygen atoms in total. The summed E-state index contributed by atoms with van der Waals surface area (Å²) in [7, 11) is 0. The highest BCUT2D eigenvalue weighted by molar-refractivity contribution is 5.17. The van der Waals surface area contributed by atoms with Gasteiger partial charge in [-0.15, -0.1) is 0 Å². The van der Waals surface area contributed by atoms with E-state index in [0.717, 1.165) is 13.1 Å². The maximum Gasteiger partial charge on any atom is 0.0570 e. The van der Waals surface area contributed by atoms with E-state index in [1.807, 2.05) is 12.3 Å². The standard InChI is InChI=1S/C13H20N2/c1-3-13(6-7-13)10-14-9-12-11(2)5-4-8-15-12/h4-5,8,14H,3,6-7,9-10H2,1-2H3. The van der Waals surface area contributed by atoms with Gasteiger partial charge in [0, 0.05) is 19.3 Å². The molecule has 0 aliphatic heterocycles. The van der Waals surface area contributed by atoms with Crippen molar-refractivity contribution in [1.29, 1.82) is 0 Å². The third kappa shape index (κ3) is 2.57. The molecule has 1 saturated carbocycles. The second-order valence-corrected chi connectivity index (χ2v) is 4.72. The fourth-order valence-corrected chi connectivity index (χ4v) is 1.98. The Kier molecular flexibility index (Phi) is 3.06. The molecule has 1 N–H and O–H groups in total. The highest BCUT2D eigenvalue weighted by atomic mass is 14.9. The largest absolute Gasteiger partial charge is 0.311 e. The summed E-state index contributed by atoms with van der Waals surface area (Å²) in [4.78, 5) is 4.38. The lowest BCUT2D eigenvalue weighted by molar-refractivity contribution is 0.441. The normalized spacial score (nSPS) is 17.7. The summed E-state index contributed by atoms with van der Waals surface area (Å²) in [6.45, 7) is 6.48. The maximum absolute atomic E-state index is 4.38. The third-order valence-electron chi connectivity index (χ3n) is 3.62. The highest BCUT2D eigenvalue weighted by Gasteiger charge is 2.39. The lowest BCUT2D eigenvalue weighted by Crippen LogP contribution is -2.23. The minimum Gasteiger partial charge on any atom is -0.311 e. The third-order valence-corrected chi connectivity index (χ3v) is 3.62. The second kappa shape index (κ2) is 4.31. The molecule has 0 saturated heterocycles. The van der Waals surface area contributed by atoms with Crippen molar-refractivity contribution in [1.82, 2.24) is 10.3 Å². The van der Waals surface area contributed by atoms with E-state index in [2.05, 4.69) is 30.2 Å². The van der Waals surface area contributed by atoms with Gasteiger partial charge in [0.1, 0.15) is 0 Å². The van der Waals surface area contributed by atoms with Crippen LogP contribution in [-0.2, 0) is 6.54 Å². The van der Waals surface area contributed by atoms with Gasteiger partial charge in [-0.05, 0) is 43.2 Å². The van der Waals surface area contributed by atoms with Gasteiger partial charge in [0.25, 0.3) is 0 Å². The summed E-state index contributed by atoms with van der Waals surface area (Å²) < 4.78 is 0. The maximum atomic E-state index is 4.38. The molecule has 0 unspecified atom stereocenters. The van der Waals surface area contributed by atoms with E-state index < -0.39 is 0 Å². The van der Waals surface area contributed by atoms with Crippen LogP contribution < -0.4 is 5.32 Å². The van der Waals surface area contributed by atoms with Crippen LogP contribution in [0.2, 0.25) is 0 Å². The molecular formula is C13H20N2. The summed E-state index contributed by atoms with van der Waals surface area (Å²) in [5.74, 6) is 0. The first-order chi connectivity index (χ1) is 7.26. The average Bonchev–Trinajstić information content (AvgIpc) is 3.02. The molecule has 2 rings (SSSR count). The van der Waals surface area contributed by atoms with Gasteiger partial charge in [-0.2, -0.15) is 0 Å². The molecule has 1 aromatic heterocycles. The van der Waals surface area contributed by atoms with Crippen molar-refractivity contribution in [2.45, 2.75) is 39.7 Å². The van der Waals surface area contributed by atoms with Crippen molar-refractivity contribution in [3.63, 3.8) is 0 Å². The van der Waals surface area contributed by atoms with Gasteiger partial charge in [0.2, 0.25) is 0 Å². The van der Waals surface area contributed by atoms with E-state index in [9.17, 15) is 0 Å². The van der Waals surface area contributed by atoms with E-state index in [1.165, 1.54) is 30.5 Å². The molecule has 82 valence electrons. The van der Waals surface area contributed by atoms with Crippen molar-refractivity contribution in [3.05, 3.63) is 29.6 Å². The lowest BCUT2D eigenvalue weighted by atomic mass is 10.0. The van der Waals surface area contributed by atoms with Gasteiger partial charge in [0.15, 0.2) is 0 Å². The molecule has 1 aliphatic rings. The van der Waals surface area contributed by atoms with Crippen molar-refractivity contribution in [2.24, 2.45) is 5.41 Å². The monoisotopic (exact) mass is 204 g/mol. The zero-order valence-electron chi connectivity index (χ0n) is 9.71. The number of aryl methyl sites for hydroxylation is 1. The second-order valence-electron chi connectivity index (χ2n) is 4.72. The molecule has 0 spiro atoms. The lowest BCUT2D eigenvalue weighted by Gasteiger charge is -2.13. The fourth-order valence-electron chi connectivity index (χ4n) is 1.98. The summed E-state index contributed by atoms with van der Waals surface area (Å²) >= 11 is 0. The Bertz CT molecular complexity index is 329. The van der Waals surface area contributed by atoms with Crippen LogP contribution in [0.1, 0.15) is 37.4 Å². The Morgan fingerprint density at radius 2 is 2.27 bits per heavy atom. The van der Waals surface area contributed by atoms with Crippen LogP contribution in [0.15, 0.2) is 18.3 Å². The number of nitrogens with zero attached hydrogens (tertiary/aromatic N) is 1. The predicted molar refractivity (Wildman–Crippen MR) is 62.6 cm³/mol. The summed E-state index contributed by atoms with van der Waals surface area (Å²) in [6.07, 6.45) is 5.98. The molecule has 1 heterocycles. The minimum absolute atomic E-state index is 0.628. The van der Waals surface area contributed by atoms with Gasteiger partial charge in [0.05, 0.1) is 5.69 Å². The Labute approximate surface area is 92.1 Å². The first kappa shape index (κ1) is 10.6. The van der Waals surface area contributed by atoms with E-state index in [-0.39, 0.29) is 0 Å². The smallest absolute Gasteiger partial charge is 0.0570 e. The first-order valence-electron chi connectivity index (χ1n) is 5.87. The molecule has 0 radical (unpaired) electrons. The Morgan fingerprint density at radius 1 is 1.47 bits per heavy atom. The Hall–Kier alpha value is -0.890. The number of nitrogens with one attached hydrogen (secondary N) is 1. The number of hydrogen-bond acceptors (Lipinski definition) is 2. The summed E-state index contributed by atoms with van der Waals surface area (Å²) in [5.41, 5.74) is 3.10. The topological polar surface area (TPSA) is 24.9 Å². The minimum atomic E-state index is 0.628. The van der Waals surface area contributed by atoms with Crippen LogP contribution in [0.4, 0.5) is 0 Å². The Morgan fingerprint density at radius 3 is 2.87 bits per heavy atom. The van der Waals surface area contributed by atoms with E-state index in [1.54, 1.807) is 0 Å². The van der Waals surface area contributed by atoms with Crippen LogP contribution in [-0.4, -0.2) is 11.5 Å².